The number of ether oxygens (including phenoxy) is 1. The van der Waals surface area contributed by atoms with Crippen LogP contribution in [0.5, 0.6) is 5.75 Å². The molecule has 0 spiro atoms. The van der Waals surface area contributed by atoms with E-state index in [2.05, 4.69) is 0 Å². The number of benzene rings is 1. The van der Waals surface area contributed by atoms with E-state index in [1.165, 1.54) is 4.90 Å². The van der Waals surface area contributed by atoms with E-state index in [9.17, 15) is 4.79 Å². The van der Waals surface area contributed by atoms with Crippen LogP contribution in [-0.4, -0.2) is 53.4 Å². The average molecular weight is 288 g/mol. The molecule has 1 atom stereocenters. The number of hydrogen-bond donors (Lipinski definition) is 2. The fraction of sp³-hybridized carbons (Fsp3) is 0.462. The Morgan fingerprint density at radius 3 is 2.26 bits per heavy atom. The quantitative estimate of drug-likeness (QED) is 0.782. The average Bonchev–Trinajstić information content (AvgIpc) is 2.40. The fourth-order valence-corrected chi connectivity index (χ4v) is 1.72. The summed E-state index contributed by atoms with van der Waals surface area (Å²) >= 11 is 5.76. The highest BCUT2D eigenvalue weighted by atomic mass is 35.5. The molecule has 106 valence electrons. The topological polar surface area (TPSA) is 70.0 Å². The van der Waals surface area contributed by atoms with E-state index in [-0.39, 0.29) is 32.2 Å². The Morgan fingerprint density at radius 1 is 1.26 bits per heavy atom. The van der Waals surface area contributed by atoms with Gasteiger partial charge in [0.05, 0.1) is 13.2 Å². The highest BCUT2D eigenvalue weighted by Crippen LogP contribution is 2.17. The van der Waals surface area contributed by atoms with Crippen molar-refractivity contribution in [1.29, 1.82) is 0 Å². The molecule has 0 saturated heterocycles. The second kappa shape index (κ2) is 7.99. The molecule has 0 heterocycles. The molecule has 1 amide bonds. The highest BCUT2D eigenvalue weighted by molar-refractivity contribution is 6.30. The first-order valence-electron chi connectivity index (χ1n) is 6.01. The number of hydrogen-bond acceptors (Lipinski definition) is 4. The van der Waals surface area contributed by atoms with Gasteiger partial charge in [0.2, 0.25) is 0 Å². The fourth-order valence-electron chi connectivity index (χ4n) is 1.60. The van der Waals surface area contributed by atoms with Crippen molar-refractivity contribution in [3.63, 3.8) is 0 Å². The third-order valence-electron chi connectivity index (χ3n) is 2.53. The second-order valence-electron chi connectivity index (χ2n) is 3.99. The minimum absolute atomic E-state index is 0.153. The lowest BCUT2D eigenvalue weighted by Crippen LogP contribution is -2.43. The van der Waals surface area contributed by atoms with Gasteiger partial charge in [-0.2, -0.15) is 0 Å². The van der Waals surface area contributed by atoms with Gasteiger partial charge in [-0.15, -0.1) is 0 Å². The lowest BCUT2D eigenvalue weighted by Gasteiger charge is -2.24. The smallest absolute Gasteiger partial charge is 0.263 e. The molecule has 6 heteroatoms. The summed E-state index contributed by atoms with van der Waals surface area (Å²) < 4.78 is 5.49. The van der Waals surface area contributed by atoms with E-state index < -0.39 is 6.10 Å². The molecule has 0 fully saturated rings. The van der Waals surface area contributed by atoms with Crippen LogP contribution in [0.4, 0.5) is 0 Å². The van der Waals surface area contributed by atoms with Crippen LogP contribution in [0, 0.1) is 0 Å². The maximum absolute atomic E-state index is 12.0. The molecule has 2 N–H and O–H groups in total. The highest BCUT2D eigenvalue weighted by Gasteiger charge is 2.21. The van der Waals surface area contributed by atoms with Crippen LogP contribution in [-0.2, 0) is 4.79 Å². The predicted octanol–water partition coefficient (Wildman–Crippen LogP) is 0.920. The largest absolute Gasteiger partial charge is 0.481 e. The Hall–Kier alpha value is -1.30. The van der Waals surface area contributed by atoms with Crippen LogP contribution in [0.1, 0.15) is 6.92 Å². The van der Waals surface area contributed by atoms with Crippen molar-refractivity contribution in [2.45, 2.75) is 13.0 Å². The van der Waals surface area contributed by atoms with Crippen LogP contribution in [0.2, 0.25) is 5.02 Å². The zero-order valence-corrected chi connectivity index (χ0v) is 11.5. The van der Waals surface area contributed by atoms with Crippen molar-refractivity contribution in [3.8, 4) is 5.75 Å². The van der Waals surface area contributed by atoms with Gasteiger partial charge in [0, 0.05) is 18.1 Å². The lowest BCUT2D eigenvalue weighted by molar-refractivity contribution is -0.139. The third-order valence-corrected chi connectivity index (χ3v) is 2.78. The van der Waals surface area contributed by atoms with Crippen molar-refractivity contribution in [2.24, 2.45) is 0 Å². The van der Waals surface area contributed by atoms with Crippen LogP contribution in [0.15, 0.2) is 24.3 Å². The van der Waals surface area contributed by atoms with E-state index in [4.69, 9.17) is 26.6 Å². The molecule has 19 heavy (non-hydrogen) atoms. The third kappa shape index (κ3) is 5.06. The Morgan fingerprint density at radius 2 is 1.79 bits per heavy atom. The summed E-state index contributed by atoms with van der Waals surface area (Å²) in [4.78, 5) is 13.4. The number of carbonyl (C=O) groups is 1. The van der Waals surface area contributed by atoms with Gasteiger partial charge in [0.25, 0.3) is 5.91 Å². The van der Waals surface area contributed by atoms with Crippen molar-refractivity contribution in [2.75, 3.05) is 26.3 Å². The van der Waals surface area contributed by atoms with Crippen molar-refractivity contribution >= 4 is 17.5 Å². The molecule has 1 aromatic rings. The van der Waals surface area contributed by atoms with Gasteiger partial charge in [-0.05, 0) is 31.2 Å². The Bertz CT molecular complexity index is 390. The van der Waals surface area contributed by atoms with Crippen molar-refractivity contribution in [3.05, 3.63) is 29.3 Å². The van der Waals surface area contributed by atoms with Gasteiger partial charge in [0.1, 0.15) is 5.75 Å². The van der Waals surface area contributed by atoms with Gasteiger partial charge in [0.15, 0.2) is 6.10 Å². The normalized spacial score (nSPS) is 12.0. The van der Waals surface area contributed by atoms with Gasteiger partial charge >= 0.3 is 0 Å². The standard InChI is InChI=1S/C13H18ClNO4/c1-10(13(18)15(6-8-16)7-9-17)19-12-4-2-11(14)3-5-12/h2-5,10,16-17H,6-9H2,1H3. The van der Waals surface area contributed by atoms with Crippen LogP contribution in [0.25, 0.3) is 0 Å². The van der Waals surface area contributed by atoms with E-state index >= 15 is 0 Å². The molecule has 0 aliphatic carbocycles. The number of aliphatic hydroxyl groups is 2. The van der Waals surface area contributed by atoms with E-state index in [0.717, 1.165) is 0 Å². The number of amides is 1. The van der Waals surface area contributed by atoms with Gasteiger partial charge in [-0.25, -0.2) is 0 Å². The number of nitrogens with zero attached hydrogens (tertiary/aromatic N) is 1. The molecule has 1 rings (SSSR count). The van der Waals surface area contributed by atoms with E-state index in [1.807, 2.05) is 0 Å². The summed E-state index contributed by atoms with van der Waals surface area (Å²) in [6.07, 6.45) is -0.695. The monoisotopic (exact) mass is 287 g/mol. The number of rotatable bonds is 7. The van der Waals surface area contributed by atoms with E-state index in [1.54, 1.807) is 31.2 Å². The second-order valence-corrected chi connectivity index (χ2v) is 4.42. The summed E-state index contributed by atoms with van der Waals surface area (Å²) in [6, 6.07) is 6.70. The number of carbonyl (C=O) groups excluding carboxylic acids is 1. The summed E-state index contributed by atoms with van der Waals surface area (Å²) in [5.41, 5.74) is 0. The van der Waals surface area contributed by atoms with Gasteiger partial charge in [-0.1, -0.05) is 11.6 Å². The molecule has 0 aromatic heterocycles. The van der Waals surface area contributed by atoms with E-state index in [0.29, 0.717) is 10.8 Å². The molecule has 0 aliphatic heterocycles. The molecule has 0 saturated carbocycles. The zero-order chi connectivity index (χ0) is 14.3. The Balaban J connectivity index is 2.62. The van der Waals surface area contributed by atoms with Crippen molar-refractivity contribution in [1.82, 2.24) is 4.90 Å². The van der Waals surface area contributed by atoms with Crippen LogP contribution in [0.3, 0.4) is 0 Å². The van der Waals surface area contributed by atoms with Crippen molar-refractivity contribution < 1.29 is 19.7 Å². The predicted molar refractivity (Wildman–Crippen MR) is 72.3 cm³/mol. The summed E-state index contributed by atoms with van der Waals surface area (Å²) in [5, 5.41) is 18.4. The molecule has 1 aromatic carbocycles. The summed E-state index contributed by atoms with van der Waals surface area (Å²) in [7, 11) is 0. The SMILES string of the molecule is CC(Oc1ccc(Cl)cc1)C(=O)N(CCO)CCO. The first-order chi connectivity index (χ1) is 9.08. The molecular formula is C13H18ClNO4. The lowest BCUT2D eigenvalue weighted by atomic mass is 10.3. The first-order valence-corrected chi connectivity index (χ1v) is 6.39. The Labute approximate surface area is 117 Å². The minimum Gasteiger partial charge on any atom is -0.481 e. The number of aliphatic hydroxyl groups excluding tert-OH is 2. The maximum atomic E-state index is 12.0. The molecule has 0 bridgehead atoms. The summed E-state index contributed by atoms with van der Waals surface area (Å²) in [6.45, 7) is 1.67. The zero-order valence-electron chi connectivity index (χ0n) is 10.8. The molecular weight excluding hydrogens is 270 g/mol. The van der Waals surface area contributed by atoms with Crippen LogP contribution >= 0.6 is 11.6 Å². The summed E-state index contributed by atoms with van der Waals surface area (Å²) in [5.74, 6) is 0.260. The van der Waals surface area contributed by atoms with Gasteiger partial charge in [-0.3, -0.25) is 4.79 Å². The molecule has 1 unspecified atom stereocenters. The van der Waals surface area contributed by atoms with Crippen LogP contribution < -0.4 is 4.74 Å². The minimum atomic E-state index is -0.695. The Kier molecular flexibility index (Phi) is 6.62. The first kappa shape index (κ1) is 15.8. The molecule has 0 radical (unpaired) electrons. The van der Waals surface area contributed by atoms with Gasteiger partial charge < -0.3 is 19.8 Å². The molecule has 0 aliphatic rings. The maximum Gasteiger partial charge on any atom is 0.263 e. The molecule has 5 nitrogen and oxygen atoms in total. The number of halogens is 1.